The second-order valence-corrected chi connectivity index (χ2v) is 6.87. The summed E-state index contributed by atoms with van der Waals surface area (Å²) in [5.41, 5.74) is 2.65. The minimum atomic E-state index is -1.02. The Hall–Kier alpha value is -2.21. The highest BCUT2D eigenvalue weighted by Gasteiger charge is 2.40. The number of ether oxygens (including phenoxy) is 1. The Morgan fingerprint density at radius 1 is 1.36 bits per heavy atom. The van der Waals surface area contributed by atoms with E-state index in [2.05, 4.69) is 11.6 Å². The van der Waals surface area contributed by atoms with Gasteiger partial charge in [0, 0.05) is 23.9 Å². The van der Waals surface area contributed by atoms with Gasteiger partial charge in [-0.05, 0) is 32.2 Å². The molecule has 3 rings (SSSR count). The molecule has 1 aliphatic heterocycles. The largest absolute Gasteiger partial charge is 0.506 e. The topological polar surface area (TPSA) is 65.8 Å². The van der Waals surface area contributed by atoms with Crippen LogP contribution in [0.2, 0.25) is 0 Å². The van der Waals surface area contributed by atoms with Crippen molar-refractivity contribution in [1.82, 2.24) is 9.88 Å². The van der Waals surface area contributed by atoms with Crippen molar-refractivity contribution in [2.45, 2.75) is 25.2 Å². The molecule has 132 valence electrons. The number of aromatic nitrogens is 1. The van der Waals surface area contributed by atoms with Crippen LogP contribution >= 0.6 is 0 Å². The zero-order chi connectivity index (χ0) is 18.2. The molecule has 0 fully saturated rings. The summed E-state index contributed by atoms with van der Waals surface area (Å²) in [7, 11) is 3.79. The molecule has 0 aliphatic carbocycles. The number of hydrogen-bond acceptors (Lipinski definition) is 5. The molecule has 0 spiro atoms. The predicted molar refractivity (Wildman–Crippen MR) is 96.2 cm³/mol. The van der Waals surface area contributed by atoms with E-state index in [0.29, 0.717) is 17.7 Å². The highest BCUT2D eigenvalue weighted by atomic mass is 16.5. The maximum atomic E-state index is 10.7. The van der Waals surface area contributed by atoms with Crippen molar-refractivity contribution in [3.8, 4) is 5.75 Å². The number of aromatic hydroxyl groups is 1. The number of pyridine rings is 1. The summed E-state index contributed by atoms with van der Waals surface area (Å²) >= 11 is 0. The molecular formula is C20H24N2O3. The summed E-state index contributed by atoms with van der Waals surface area (Å²) < 4.78 is 6.03. The molecule has 5 nitrogen and oxygen atoms in total. The first-order chi connectivity index (χ1) is 11.8. The van der Waals surface area contributed by atoms with Crippen LogP contribution in [-0.2, 0) is 16.9 Å². The molecular weight excluding hydrogens is 316 g/mol. The van der Waals surface area contributed by atoms with Gasteiger partial charge < -0.3 is 19.8 Å². The van der Waals surface area contributed by atoms with Crippen molar-refractivity contribution in [3.63, 3.8) is 0 Å². The molecule has 1 aliphatic rings. The Morgan fingerprint density at radius 3 is 2.68 bits per heavy atom. The Kier molecular flexibility index (Phi) is 4.64. The van der Waals surface area contributed by atoms with Crippen LogP contribution in [0.5, 0.6) is 5.75 Å². The maximum Gasteiger partial charge on any atom is 0.146 e. The van der Waals surface area contributed by atoms with Gasteiger partial charge in [0.15, 0.2) is 0 Å². The molecule has 0 amide bonds. The van der Waals surface area contributed by atoms with Crippen LogP contribution in [0.3, 0.4) is 0 Å². The molecule has 5 heteroatoms. The molecule has 2 atom stereocenters. The van der Waals surface area contributed by atoms with E-state index in [4.69, 9.17) is 4.74 Å². The maximum absolute atomic E-state index is 10.7. The highest BCUT2D eigenvalue weighted by Crippen LogP contribution is 2.46. The lowest BCUT2D eigenvalue weighted by Gasteiger charge is -2.25. The summed E-state index contributed by atoms with van der Waals surface area (Å²) in [6.07, 6.45) is 0.674. The van der Waals surface area contributed by atoms with E-state index in [0.717, 1.165) is 11.1 Å². The van der Waals surface area contributed by atoms with Gasteiger partial charge in [-0.25, -0.2) is 0 Å². The Balaban J connectivity index is 1.98. The summed E-state index contributed by atoms with van der Waals surface area (Å²) in [6, 6.07) is 9.85. The number of fused-ring (bicyclic) bond motifs is 1. The van der Waals surface area contributed by atoms with Gasteiger partial charge in [-0.15, -0.1) is 0 Å². The number of likely N-dealkylation sites (N-methyl/N-ethyl adjacent to an activating group) is 1. The molecule has 0 radical (unpaired) electrons. The zero-order valence-electron chi connectivity index (χ0n) is 14.9. The van der Waals surface area contributed by atoms with Crippen LogP contribution in [0, 0.1) is 0 Å². The zero-order valence-corrected chi connectivity index (χ0v) is 14.9. The number of aliphatic hydroxyl groups is 1. The lowest BCUT2D eigenvalue weighted by molar-refractivity contribution is 0.00934. The molecule has 2 aromatic rings. The van der Waals surface area contributed by atoms with Crippen molar-refractivity contribution in [2.75, 3.05) is 20.6 Å². The molecule has 25 heavy (non-hydrogen) atoms. The molecule has 0 bridgehead atoms. The normalized spacial score (nSPS) is 20.5. The van der Waals surface area contributed by atoms with E-state index in [1.807, 2.05) is 56.3 Å². The fraction of sp³-hybridized carbons (Fsp3) is 0.350. The quantitative estimate of drug-likeness (QED) is 0.820. The molecule has 2 N–H and O–H groups in total. The second kappa shape index (κ2) is 6.59. The first kappa shape index (κ1) is 17.6. The smallest absolute Gasteiger partial charge is 0.146 e. The van der Waals surface area contributed by atoms with Crippen molar-refractivity contribution in [2.24, 2.45) is 0 Å². The van der Waals surface area contributed by atoms with Crippen molar-refractivity contribution >= 4 is 0 Å². The monoisotopic (exact) mass is 340 g/mol. The van der Waals surface area contributed by atoms with Crippen LogP contribution in [0.4, 0.5) is 0 Å². The number of rotatable bonds is 5. The highest BCUT2D eigenvalue weighted by molar-refractivity contribution is 5.51. The summed E-state index contributed by atoms with van der Waals surface area (Å²) in [6.45, 7) is 6.66. The minimum Gasteiger partial charge on any atom is -0.506 e. The lowest BCUT2D eigenvalue weighted by Crippen LogP contribution is -2.23. The first-order valence-electron chi connectivity index (χ1n) is 8.25. The molecule has 0 saturated heterocycles. The Labute approximate surface area is 148 Å². The van der Waals surface area contributed by atoms with Gasteiger partial charge in [0.25, 0.3) is 0 Å². The average Bonchev–Trinajstić information content (AvgIpc) is 2.94. The summed E-state index contributed by atoms with van der Waals surface area (Å²) in [4.78, 5) is 6.25. The van der Waals surface area contributed by atoms with Crippen molar-refractivity contribution in [1.29, 1.82) is 0 Å². The first-order valence-corrected chi connectivity index (χ1v) is 8.25. The number of benzene rings is 1. The van der Waals surface area contributed by atoms with E-state index in [1.54, 1.807) is 6.20 Å². The van der Waals surface area contributed by atoms with Gasteiger partial charge in [-0.2, -0.15) is 0 Å². The van der Waals surface area contributed by atoms with Crippen LogP contribution < -0.4 is 0 Å². The fourth-order valence-corrected chi connectivity index (χ4v) is 3.29. The molecule has 1 aromatic heterocycles. The van der Waals surface area contributed by atoms with E-state index in [-0.39, 0.29) is 18.1 Å². The molecule has 2 unspecified atom stereocenters. The molecule has 0 saturated carbocycles. The number of nitrogens with zero attached hydrogens (tertiary/aromatic N) is 2. The van der Waals surface area contributed by atoms with Crippen LogP contribution in [0.1, 0.15) is 35.4 Å². The van der Waals surface area contributed by atoms with Crippen LogP contribution in [0.15, 0.2) is 48.7 Å². The SMILES string of the molecule is C=C(CN(C)C)C(O)c1ncc2c(c1O)COC2(C)c1ccccc1. The van der Waals surface area contributed by atoms with Crippen molar-refractivity contribution in [3.05, 3.63) is 71.1 Å². The van der Waals surface area contributed by atoms with Gasteiger partial charge in [0.05, 0.1) is 6.61 Å². The van der Waals surface area contributed by atoms with Gasteiger partial charge in [-0.1, -0.05) is 36.9 Å². The molecule has 2 heterocycles. The average molecular weight is 340 g/mol. The lowest BCUT2D eigenvalue weighted by atomic mass is 9.87. The van der Waals surface area contributed by atoms with E-state index in [1.165, 1.54) is 0 Å². The third-order valence-electron chi connectivity index (χ3n) is 4.70. The fourth-order valence-electron chi connectivity index (χ4n) is 3.29. The molecule has 1 aromatic carbocycles. The van der Waals surface area contributed by atoms with E-state index < -0.39 is 11.7 Å². The van der Waals surface area contributed by atoms with E-state index >= 15 is 0 Å². The van der Waals surface area contributed by atoms with Crippen LogP contribution in [-0.4, -0.2) is 40.7 Å². The third kappa shape index (κ3) is 3.06. The summed E-state index contributed by atoms with van der Waals surface area (Å²) in [5, 5.41) is 21.2. The van der Waals surface area contributed by atoms with Gasteiger partial charge in [0.1, 0.15) is 23.1 Å². The van der Waals surface area contributed by atoms with Gasteiger partial charge in [-0.3, -0.25) is 4.98 Å². The van der Waals surface area contributed by atoms with Gasteiger partial charge in [0.2, 0.25) is 0 Å². The predicted octanol–water partition coefficient (Wildman–Crippen LogP) is 2.73. The Bertz CT molecular complexity index is 789. The minimum absolute atomic E-state index is 0.00966. The van der Waals surface area contributed by atoms with Crippen LogP contribution in [0.25, 0.3) is 0 Å². The van der Waals surface area contributed by atoms with E-state index in [9.17, 15) is 10.2 Å². The van der Waals surface area contributed by atoms with Crippen molar-refractivity contribution < 1.29 is 14.9 Å². The Morgan fingerprint density at radius 2 is 2.04 bits per heavy atom. The second-order valence-electron chi connectivity index (χ2n) is 6.87. The van der Waals surface area contributed by atoms with Gasteiger partial charge >= 0.3 is 0 Å². The standard InChI is InChI=1S/C20H24N2O3/c1-13(11-22(3)4)18(23)17-19(24)15-12-25-20(2,16(15)10-21-17)14-8-6-5-7-9-14/h5-10,18,23-24H,1,11-12H2,2-4H3. The summed E-state index contributed by atoms with van der Waals surface area (Å²) in [5.74, 6) is -0.00966. The number of hydrogen-bond donors (Lipinski definition) is 2. The third-order valence-corrected chi connectivity index (χ3v) is 4.70. The number of aliphatic hydroxyl groups excluding tert-OH is 1.